The van der Waals surface area contributed by atoms with Gasteiger partial charge in [-0.25, -0.2) is 4.79 Å². The summed E-state index contributed by atoms with van der Waals surface area (Å²) in [6.07, 6.45) is -1.78. The smallest absolute Gasteiger partial charge is 0.336 e. The Labute approximate surface area is 199 Å². The van der Waals surface area contributed by atoms with Crippen LogP contribution in [0.1, 0.15) is 37.5 Å². The highest BCUT2D eigenvalue weighted by atomic mass is 16.6. The third-order valence-electron chi connectivity index (χ3n) is 5.95. The molecule has 0 fully saturated rings. The Morgan fingerprint density at radius 1 is 0.824 bits per heavy atom. The molecule has 0 bridgehead atoms. The standard InChI is InChI=1S/C28H29NO5/c1-27(2,3)34-25(31)23(24(30)26(32)33-4)29-28(18-12-6-5-7-13-18)21-16-10-8-14-19(21)20-15-9-11-17-22(20)28/h5-17,23-24,29-30H,1-4H3/t23-,24-/m0/s1. The summed E-state index contributed by atoms with van der Waals surface area (Å²) < 4.78 is 10.4. The Morgan fingerprint density at radius 3 is 1.82 bits per heavy atom. The first-order valence-electron chi connectivity index (χ1n) is 11.2. The van der Waals surface area contributed by atoms with Crippen molar-refractivity contribution in [3.63, 3.8) is 0 Å². The lowest BCUT2D eigenvalue weighted by molar-refractivity contribution is -0.168. The minimum absolute atomic E-state index is 0.748. The van der Waals surface area contributed by atoms with Gasteiger partial charge in [0.15, 0.2) is 6.10 Å². The molecule has 6 heteroatoms. The molecule has 1 aliphatic rings. The number of aliphatic hydroxyl groups is 1. The summed E-state index contributed by atoms with van der Waals surface area (Å²) in [4.78, 5) is 25.8. The van der Waals surface area contributed by atoms with Crippen LogP contribution in [0.25, 0.3) is 11.1 Å². The van der Waals surface area contributed by atoms with E-state index < -0.39 is 35.2 Å². The fourth-order valence-corrected chi connectivity index (χ4v) is 4.60. The molecule has 0 saturated carbocycles. The fraction of sp³-hybridized carbons (Fsp3) is 0.286. The Bertz CT molecular complexity index is 1150. The van der Waals surface area contributed by atoms with Gasteiger partial charge in [0.05, 0.1) is 12.6 Å². The molecule has 34 heavy (non-hydrogen) atoms. The molecular weight excluding hydrogens is 430 g/mol. The maximum Gasteiger partial charge on any atom is 0.336 e. The molecular formula is C28H29NO5. The van der Waals surface area contributed by atoms with Crippen LogP contribution in [0.5, 0.6) is 0 Å². The summed E-state index contributed by atoms with van der Waals surface area (Å²) in [7, 11) is 1.17. The number of benzene rings is 3. The molecule has 0 heterocycles. The Balaban J connectivity index is 1.95. The summed E-state index contributed by atoms with van der Waals surface area (Å²) in [5.74, 6) is -1.67. The first-order valence-corrected chi connectivity index (χ1v) is 11.2. The zero-order valence-corrected chi connectivity index (χ0v) is 19.7. The quantitative estimate of drug-likeness (QED) is 0.546. The van der Waals surface area contributed by atoms with Crippen LogP contribution in [0.2, 0.25) is 0 Å². The topological polar surface area (TPSA) is 84.9 Å². The van der Waals surface area contributed by atoms with Crippen molar-refractivity contribution in [1.29, 1.82) is 0 Å². The van der Waals surface area contributed by atoms with Crippen molar-refractivity contribution in [2.75, 3.05) is 7.11 Å². The SMILES string of the molecule is COC(=O)[C@@H](O)[C@H](NC1(c2ccccc2)c2ccccc2-c2ccccc21)C(=O)OC(C)(C)C. The number of ether oxygens (including phenoxy) is 2. The maximum absolute atomic E-state index is 13.4. The lowest BCUT2D eigenvalue weighted by Gasteiger charge is -2.38. The van der Waals surface area contributed by atoms with E-state index in [1.807, 2.05) is 78.9 Å². The first kappa shape index (κ1) is 23.7. The van der Waals surface area contributed by atoms with Gasteiger partial charge in [0, 0.05) is 0 Å². The van der Waals surface area contributed by atoms with E-state index in [0.29, 0.717) is 0 Å². The Hall–Kier alpha value is -3.48. The molecule has 0 saturated heterocycles. The van der Waals surface area contributed by atoms with Gasteiger partial charge in [-0.1, -0.05) is 78.9 Å². The number of esters is 2. The molecule has 176 valence electrons. The van der Waals surface area contributed by atoms with Crippen LogP contribution in [-0.2, 0) is 24.6 Å². The molecule has 0 radical (unpaired) electrons. The monoisotopic (exact) mass is 459 g/mol. The molecule has 6 nitrogen and oxygen atoms in total. The van der Waals surface area contributed by atoms with Gasteiger partial charge in [-0.2, -0.15) is 0 Å². The molecule has 0 aliphatic heterocycles. The van der Waals surface area contributed by atoms with Gasteiger partial charge in [0.25, 0.3) is 0 Å². The minimum Gasteiger partial charge on any atom is -0.467 e. The highest BCUT2D eigenvalue weighted by molar-refractivity contribution is 5.88. The van der Waals surface area contributed by atoms with Crippen molar-refractivity contribution in [3.8, 4) is 11.1 Å². The zero-order chi connectivity index (χ0) is 24.5. The number of hydrogen-bond acceptors (Lipinski definition) is 6. The normalized spacial score (nSPS) is 15.6. The highest BCUT2D eigenvalue weighted by Gasteiger charge is 2.49. The summed E-state index contributed by atoms with van der Waals surface area (Å²) >= 11 is 0. The van der Waals surface area contributed by atoms with E-state index in [2.05, 4.69) is 5.32 Å². The summed E-state index contributed by atoms with van der Waals surface area (Å²) in [5, 5.41) is 14.3. The van der Waals surface area contributed by atoms with Crippen molar-refractivity contribution in [1.82, 2.24) is 5.32 Å². The molecule has 0 aromatic heterocycles. The third-order valence-corrected chi connectivity index (χ3v) is 5.95. The number of rotatable bonds is 6. The molecule has 2 atom stereocenters. The minimum atomic E-state index is -1.78. The van der Waals surface area contributed by atoms with Crippen LogP contribution < -0.4 is 5.32 Å². The van der Waals surface area contributed by atoms with E-state index in [-0.39, 0.29) is 0 Å². The molecule has 3 aromatic carbocycles. The Morgan fingerprint density at radius 2 is 1.32 bits per heavy atom. The maximum atomic E-state index is 13.4. The predicted molar refractivity (Wildman–Crippen MR) is 129 cm³/mol. The lowest BCUT2D eigenvalue weighted by atomic mass is 9.79. The zero-order valence-electron chi connectivity index (χ0n) is 19.7. The van der Waals surface area contributed by atoms with E-state index in [0.717, 1.165) is 27.8 Å². The van der Waals surface area contributed by atoms with Crippen molar-refractivity contribution < 1.29 is 24.2 Å². The number of nitrogens with one attached hydrogen (secondary N) is 1. The van der Waals surface area contributed by atoms with Crippen molar-refractivity contribution in [3.05, 3.63) is 95.6 Å². The summed E-state index contributed by atoms with van der Waals surface area (Å²) in [5.41, 5.74) is 2.84. The predicted octanol–water partition coefficient (Wildman–Crippen LogP) is 3.79. The number of fused-ring (bicyclic) bond motifs is 3. The molecule has 1 aliphatic carbocycles. The lowest BCUT2D eigenvalue weighted by Crippen LogP contribution is -2.59. The molecule has 4 rings (SSSR count). The van der Waals surface area contributed by atoms with Gasteiger partial charge in [-0.05, 0) is 48.6 Å². The van der Waals surface area contributed by atoms with Gasteiger partial charge >= 0.3 is 11.9 Å². The third kappa shape index (κ3) is 4.11. The molecule has 0 unspecified atom stereocenters. The van der Waals surface area contributed by atoms with Crippen molar-refractivity contribution in [2.24, 2.45) is 0 Å². The van der Waals surface area contributed by atoms with Gasteiger partial charge in [0.2, 0.25) is 0 Å². The average molecular weight is 460 g/mol. The number of hydrogen-bond donors (Lipinski definition) is 2. The number of carbonyl (C=O) groups excluding carboxylic acids is 2. The molecule has 0 spiro atoms. The van der Waals surface area contributed by atoms with Crippen LogP contribution >= 0.6 is 0 Å². The average Bonchev–Trinajstić information content (AvgIpc) is 3.12. The highest BCUT2D eigenvalue weighted by Crippen LogP contribution is 2.51. The van der Waals surface area contributed by atoms with Crippen LogP contribution in [-0.4, -0.2) is 41.9 Å². The number of carbonyl (C=O) groups is 2. The van der Waals surface area contributed by atoms with Crippen LogP contribution in [0.3, 0.4) is 0 Å². The molecule has 2 N–H and O–H groups in total. The summed E-state index contributed by atoms with van der Waals surface area (Å²) in [6, 6.07) is 24.1. The first-order chi connectivity index (χ1) is 16.2. The fourth-order valence-electron chi connectivity index (χ4n) is 4.60. The summed E-state index contributed by atoms with van der Waals surface area (Å²) in [6.45, 7) is 5.21. The van der Waals surface area contributed by atoms with Crippen LogP contribution in [0.4, 0.5) is 0 Å². The van der Waals surface area contributed by atoms with E-state index in [1.54, 1.807) is 20.8 Å². The van der Waals surface area contributed by atoms with E-state index in [9.17, 15) is 14.7 Å². The van der Waals surface area contributed by atoms with Gasteiger partial charge in [0.1, 0.15) is 11.6 Å². The van der Waals surface area contributed by atoms with E-state index in [4.69, 9.17) is 9.47 Å². The van der Waals surface area contributed by atoms with Crippen LogP contribution in [0.15, 0.2) is 78.9 Å². The van der Waals surface area contributed by atoms with Gasteiger partial charge in [-0.3, -0.25) is 10.1 Å². The second-order valence-electron chi connectivity index (χ2n) is 9.33. The van der Waals surface area contributed by atoms with E-state index in [1.165, 1.54) is 7.11 Å². The largest absolute Gasteiger partial charge is 0.467 e. The number of aliphatic hydroxyl groups excluding tert-OH is 1. The van der Waals surface area contributed by atoms with E-state index >= 15 is 0 Å². The second-order valence-corrected chi connectivity index (χ2v) is 9.33. The molecule has 0 amide bonds. The van der Waals surface area contributed by atoms with Crippen molar-refractivity contribution >= 4 is 11.9 Å². The van der Waals surface area contributed by atoms with Crippen molar-refractivity contribution in [2.45, 2.75) is 44.1 Å². The molecule has 3 aromatic rings. The van der Waals surface area contributed by atoms with Gasteiger partial charge < -0.3 is 14.6 Å². The van der Waals surface area contributed by atoms with Gasteiger partial charge in [-0.15, -0.1) is 0 Å². The second kappa shape index (κ2) is 9.05. The Kier molecular flexibility index (Phi) is 6.30. The number of methoxy groups -OCH3 is 1. The van der Waals surface area contributed by atoms with Crippen LogP contribution in [0, 0.1) is 0 Å².